The summed E-state index contributed by atoms with van der Waals surface area (Å²) in [7, 11) is 0. The lowest BCUT2D eigenvalue weighted by atomic mass is 9.89. The van der Waals surface area contributed by atoms with E-state index in [2.05, 4.69) is 39.8 Å². The van der Waals surface area contributed by atoms with Crippen molar-refractivity contribution in [3.8, 4) is 0 Å². The van der Waals surface area contributed by atoms with Gasteiger partial charge in [0.2, 0.25) is 0 Å². The lowest BCUT2D eigenvalue weighted by Crippen LogP contribution is -2.05. The zero-order valence-corrected chi connectivity index (χ0v) is 12.2. The Morgan fingerprint density at radius 1 is 1.12 bits per heavy atom. The lowest BCUT2D eigenvalue weighted by molar-refractivity contribution is 0.331. The van der Waals surface area contributed by atoms with E-state index in [1.807, 2.05) is 13.0 Å². The van der Waals surface area contributed by atoms with Crippen LogP contribution >= 0.6 is 0 Å². The van der Waals surface area contributed by atoms with Crippen molar-refractivity contribution in [2.24, 2.45) is 17.8 Å². The number of rotatable bonds is 8. The van der Waals surface area contributed by atoms with Crippen molar-refractivity contribution >= 4 is 0 Å². The summed E-state index contributed by atoms with van der Waals surface area (Å²) in [6.45, 7) is 11.4. The molecule has 0 aliphatic rings. The molecular weight excluding hydrogens is 208 g/mol. The second-order valence-electron chi connectivity index (χ2n) is 5.74. The molecule has 0 aromatic rings. The van der Waals surface area contributed by atoms with E-state index in [0.717, 1.165) is 29.7 Å². The van der Waals surface area contributed by atoms with E-state index in [9.17, 15) is 0 Å². The SMILES string of the molecule is CC(=CC=CCC(C)CCC(C)C(C)C)CO. The third kappa shape index (κ3) is 9.17. The second-order valence-corrected chi connectivity index (χ2v) is 5.74. The predicted octanol–water partition coefficient (Wildman–Crippen LogP) is 4.58. The van der Waals surface area contributed by atoms with Gasteiger partial charge in [-0.25, -0.2) is 0 Å². The molecule has 0 aliphatic carbocycles. The summed E-state index contributed by atoms with van der Waals surface area (Å²) in [6.07, 6.45) is 10.0. The standard InChI is InChI=1S/C16H30O/c1-13(2)16(5)11-10-14(3)8-6-7-9-15(4)12-17/h6-7,9,13-14,16-17H,8,10-12H2,1-5H3. The van der Waals surface area contributed by atoms with Crippen LogP contribution in [0.4, 0.5) is 0 Å². The molecule has 0 bridgehead atoms. The van der Waals surface area contributed by atoms with Gasteiger partial charge in [-0.1, -0.05) is 58.8 Å². The Kier molecular flexibility index (Phi) is 9.16. The molecule has 0 amide bonds. The third-order valence-electron chi connectivity index (χ3n) is 3.56. The lowest BCUT2D eigenvalue weighted by Gasteiger charge is -2.17. The van der Waals surface area contributed by atoms with Gasteiger partial charge >= 0.3 is 0 Å². The summed E-state index contributed by atoms with van der Waals surface area (Å²) in [5.41, 5.74) is 1.02. The molecular formula is C16H30O. The average Bonchev–Trinajstić information content (AvgIpc) is 2.30. The molecule has 1 nitrogen and oxygen atoms in total. The van der Waals surface area contributed by atoms with Crippen LogP contribution in [0.25, 0.3) is 0 Å². The van der Waals surface area contributed by atoms with Crippen LogP contribution in [0.15, 0.2) is 23.8 Å². The monoisotopic (exact) mass is 238 g/mol. The summed E-state index contributed by atoms with van der Waals surface area (Å²) in [5.74, 6) is 2.39. The van der Waals surface area contributed by atoms with Crippen LogP contribution in [-0.4, -0.2) is 11.7 Å². The Morgan fingerprint density at radius 3 is 2.29 bits per heavy atom. The molecule has 2 atom stereocenters. The van der Waals surface area contributed by atoms with E-state index in [0.29, 0.717) is 0 Å². The zero-order chi connectivity index (χ0) is 13.3. The first-order valence-corrected chi connectivity index (χ1v) is 6.90. The Labute approximate surface area is 108 Å². The van der Waals surface area contributed by atoms with E-state index in [1.165, 1.54) is 12.8 Å². The number of hydrogen-bond acceptors (Lipinski definition) is 1. The maximum atomic E-state index is 8.84. The minimum absolute atomic E-state index is 0.159. The van der Waals surface area contributed by atoms with Gasteiger partial charge < -0.3 is 5.11 Å². The number of allylic oxidation sites excluding steroid dienone is 3. The van der Waals surface area contributed by atoms with Gasteiger partial charge in [0.1, 0.15) is 0 Å². The van der Waals surface area contributed by atoms with Gasteiger partial charge in [0.05, 0.1) is 6.61 Å². The summed E-state index contributed by atoms with van der Waals surface area (Å²) < 4.78 is 0. The molecule has 0 aliphatic heterocycles. The molecule has 1 heteroatoms. The fraction of sp³-hybridized carbons (Fsp3) is 0.750. The second kappa shape index (κ2) is 9.47. The van der Waals surface area contributed by atoms with Crippen LogP contribution in [0.2, 0.25) is 0 Å². The molecule has 0 heterocycles. The van der Waals surface area contributed by atoms with Crippen LogP contribution in [0.3, 0.4) is 0 Å². The molecule has 2 unspecified atom stereocenters. The molecule has 0 aromatic carbocycles. The average molecular weight is 238 g/mol. The van der Waals surface area contributed by atoms with Crippen LogP contribution in [0, 0.1) is 17.8 Å². The minimum atomic E-state index is 0.159. The van der Waals surface area contributed by atoms with E-state index < -0.39 is 0 Å². The highest BCUT2D eigenvalue weighted by Gasteiger charge is 2.08. The van der Waals surface area contributed by atoms with E-state index in [-0.39, 0.29) is 6.61 Å². The summed E-state index contributed by atoms with van der Waals surface area (Å²) in [4.78, 5) is 0. The number of aliphatic hydroxyl groups is 1. The van der Waals surface area contributed by atoms with Crippen LogP contribution in [0.1, 0.15) is 53.9 Å². The van der Waals surface area contributed by atoms with Gasteiger partial charge in [0.25, 0.3) is 0 Å². The molecule has 0 spiro atoms. The molecule has 0 aromatic heterocycles. The zero-order valence-electron chi connectivity index (χ0n) is 12.2. The first-order chi connectivity index (χ1) is 7.97. The maximum Gasteiger partial charge on any atom is 0.0642 e. The highest BCUT2D eigenvalue weighted by atomic mass is 16.3. The van der Waals surface area contributed by atoms with E-state index in [4.69, 9.17) is 5.11 Å². The molecule has 17 heavy (non-hydrogen) atoms. The van der Waals surface area contributed by atoms with Crippen molar-refractivity contribution in [1.29, 1.82) is 0 Å². The van der Waals surface area contributed by atoms with Crippen LogP contribution in [0.5, 0.6) is 0 Å². The van der Waals surface area contributed by atoms with Crippen molar-refractivity contribution in [2.45, 2.75) is 53.9 Å². The highest BCUT2D eigenvalue weighted by Crippen LogP contribution is 2.20. The molecule has 0 radical (unpaired) electrons. The topological polar surface area (TPSA) is 20.2 Å². The Morgan fingerprint density at radius 2 is 1.76 bits per heavy atom. The van der Waals surface area contributed by atoms with Crippen molar-refractivity contribution in [2.75, 3.05) is 6.61 Å². The highest BCUT2D eigenvalue weighted by molar-refractivity contribution is 5.10. The molecule has 100 valence electrons. The molecule has 0 fully saturated rings. The Balaban J connectivity index is 3.76. The van der Waals surface area contributed by atoms with Crippen molar-refractivity contribution < 1.29 is 5.11 Å². The van der Waals surface area contributed by atoms with Crippen molar-refractivity contribution in [3.05, 3.63) is 23.8 Å². The largest absolute Gasteiger partial charge is 0.392 e. The normalized spacial score (nSPS) is 16.8. The molecule has 0 saturated heterocycles. The summed E-state index contributed by atoms with van der Waals surface area (Å²) in [6, 6.07) is 0. The van der Waals surface area contributed by atoms with Gasteiger partial charge in [-0.15, -0.1) is 0 Å². The van der Waals surface area contributed by atoms with Gasteiger partial charge in [-0.3, -0.25) is 0 Å². The maximum absolute atomic E-state index is 8.84. The first kappa shape index (κ1) is 16.4. The van der Waals surface area contributed by atoms with Gasteiger partial charge in [-0.05, 0) is 36.7 Å². The molecule has 0 rings (SSSR count). The van der Waals surface area contributed by atoms with Crippen LogP contribution < -0.4 is 0 Å². The molecule has 0 saturated carbocycles. The Hall–Kier alpha value is -0.560. The van der Waals surface area contributed by atoms with Crippen molar-refractivity contribution in [1.82, 2.24) is 0 Å². The quantitative estimate of drug-likeness (QED) is 0.614. The van der Waals surface area contributed by atoms with Gasteiger partial charge in [0.15, 0.2) is 0 Å². The van der Waals surface area contributed by atoms with Crippen LogP contribution in [-0.2, 0) is 0 Å². The fourth-order valence-corrected chi connectivity index (χ4v) is 1.59. The number of hydrogen-bond donors (Lipinski definition) is 1. The van der Waals surface area contributed by atoms with E-state index >= 15 is 0 Å². The van der Waals surface area contributed by atoms with Gasteiger partial charge in [-0.2, -0.15) is 0 Å². The fourth-order valence-electron chi connectivity index (χ4n) is 1.59. The third-order valence-corrected chi connectivity index (χ3v) is 3.56. The first-order valence-electron chi connectivity index (χ1n) is 6.90. The predicted molar refractivity (Wildman–Crippen MR) is 77.0 cm³/mol. The minimum Gasteiger partial charge on any atom is -0.392 e. The van der Waals surface area contributed by atoms with Gasteiger partial charge in [0, 0.05) is 0 Å². The van der Waals surface area contributed by atoms with Crippen molar-refractivity contribution in [3.63, 3.8) is 0 Å². The summed E-state index contributed by atoms with van der Waals surface area (Å²) in [5, 5.41) is 8.84. The Bertz CT molecular complexity index is 238. The van der Waals surface area contributed by atoms with E-state index in [1.54, 1.807) is 0 Å². The number of aliphatic hydroxyl groups excluding tert-OH is 1. The molecule has 1 N–H and O–H groups in total. The smallest absolute Gasteiger partial charge is 0.0642 e. The summed E-state index contributed by atoms with van der Waals surface area (Å²) >= 11 is 0.